The quantitative estimate of drug-likeness (QED) is 0.377. The number of ether oxygens (including phenoxy) is 1. The Morgan fingerprint density at radius 3 is 2.22 bits per heavy atom. The van der Waals surface area contributed by atoms with Crippen LogP contribution in [-0.2, 0) is 4.74 Å². The fourth-order valence-corrected chi connectivity index (χ4v) is 11.9. The first-order chi connectivity index (χ1) is 17.4. The van der Waals surface area contributed by atoms with Crippen LogP contribution in [0, 0.1) is 50.7 Å². The van der Waals surface area contributed by atoms with Crippen LogP contribution in [-0.4, -0.2) is 13.1 Å². The lowest BCUT2D eigenvalue weighted by Crippen LogP contribution is -2.64. The summed E-state index contributed by atoms with van der Waals surface area (Å²) in [7, 11) is 1.45. The molecule has 0 aliphatic heterocycles. The highest BCUT2D eigenvalue weighted by molar-refractivity contribution is 5.89. The minimum Gasteiger partial charge on any atom is -0.465 e. The second-order valence-electron chi connectivity index (χ2n) is 15.4. The maximum Gasteiger partial charge on any atom is 0.337 e. The van der Waals surface area contributed by atoms with Crippen molar-refractivity contribution in [3.8, 4) is 0 Å². The van der Waals surface area contributed by atoms with Crippen molar-refractivity contribution in [1.29, 1.82) is 0 Å². The van der Waals surface area contributed by atoms with Crippen molar-refractivity contribution in [3.05, 3.63) is 41.5 Å². The summed E-state index contributed by atoms with van der Waals surface area (Å²) in [4.78, 5) is 12.0. The smallest absolute Gasteiger partial charge is 0.337 e. The molecule has 8 atom stereocenters. The zero-order valence-electron chi connectivity index (χ0n) is 24.6. The molecule has 7 unspecified atom stereocenters. The Labute approximate surface area is 226 Å². The Morgan fingerprint density at radius 2 is 1.51 bits per heavy atom. The largest absolute Gasteiger partial charge is 0.465 e. The first-order valence-corrected chi connectivity index (χ1v) is 15.3. The lowest BCUT2D eigenvalue weighted by molar-refractivity contribution is -0.221. The highest BCUT2D eigenvalue weighted by Gasteiger charge is 2.68. The second-order valence-corrected chi connectivity index (χ2v) is 15.4. The summed E-state index contributed by atoms with van der Waals surface area (Å²) < 4.78 is 4.93. The molecule has 0 N–H and O–H groups in total. The summed E-state index contributed by atoms with van der Waals surface area (Å²) in [6.45, 7) is 15.8. The van der Waals surface area contributed by atoms with Crippen molar-refractivity contribution in [2.24, 2.45) is 50.7 Å². The van der Waals surface area contributed by atoms with E-state index in [-0.39, 0.29) is 11.4 Å². The summed E-state index contributed by atoms with van der Waals surface area (Å²) in [5.41, 5.74) is 5.44. The fourth-order valence-electron chi connectivity index (χ4n) is 11.9. The van der Waals surface area contributed by atoms with E-state index in [1.54, 1.807) is 0 Å². The van der Waals surface area contributed by atoms with Crippen molar-refractivity contribution in [3.63, 3.8) is 0 Å². The summed E-state index contributed by atoms with van der Waals surface area (Å²) >= 11 is 0. The van der Waals surface area contributed by atoms with Crippen LogP contribution in [0.1, 0.15) is 122 Å². The number of hydrogen-bond donors (Lipinski definition) is 0. The van der Waals surface area contributed by atoms with Crippen LogP contribution in [0.15, 0.2) is 30.3 Å². The van der Waals surface area contributed by atoms with Crippen LogP contribution in [0.4, 0.5) is 0 Å². The summed E-state index contributed by atoms with van der Waals surface area (Å²) in [5.74, 6) is 3.15. The molecule has 0 heterocycles. The lowest BCUT2D eigenvalue weighted by Gasteiger charge is -2.72. The first-order valence-electron chi connectivity index (χ1n) is 15.3. The van der Waals surface area contributed by atoms with Gasteiger partial charge >= 0.3 is 5.97 Å². The van der Waals surface area contributed by atoms with E-state index in [1.165, 1.54) is 82.5 Å². The van der Waals surface area contributed by atoms with E-state index in [9.17, 15) is 4.79 Å². The fraction of sp³-hybridized carbons (Fsp3) is 0.743. The number of carbonyl (C=O) groups excluding carboxylic acids is 1. The third-order valence-corrected chi connectivity index (χ3v) is 14.0. The van der Waals surface area contributed by atoms with Gasteiger partial charge in [-0.2, -0.15) is 0 Å². The lowest BCUT2D eigenvalue weighted by atomic mass is 9.33. The van der Waals surface area contributed by atoms with Crippen LogP contribution >= 0.6 is 0 Å². The average Bonchev–Trinajstić information content (AvgIpc) is 3.26. The van der Waals surface area contributed by atoms with Crippen molar-refractivity contribution in [1.82, 2.24) is 0 Å². The molecule has 202 valence electrons. The molecule has 5 aliphatic rings. The van der Waals surface area contributed by atoms with Crippen molar-refractivity contribution >= 4 is 11.5 Å². The monoisotopic (exact) mass is 502 g/mol. The van der Waals surface area contributed by atoms with Gasteiger partial charge in [0.1, 0.15) is 0 Å². The normalized spacial score (nSPS) is 46.1. The summed E-state index contributed by atoms with van der Waals surface area (Å²) in [5, 5.41) is 0. The number of fused-ring (bicyclic) bond motifs is 7. The van der Waals surface area contributed by atoms with E-state index in [1.807, 2.05) is 12.1 Å². The van der Waals surface area contributed by atoms with Gasteiger partial charge in [-0.25, -0.2) is 4.79 Å². The van der Waals surface area contributed by atoms with Gasteiger partial charge in [0.15, 0.2) is 0 Å². The molecular formula is C35H50O2. The maximum absolute atomic E-state index is 12.0. The van der Waals surface area contributed by atoms with E-state index >= 15 is 0 Å². The molecule has 4 fully saturated rings. The van der Waals surface area contributed by atoms with Gasteiger partial charge in [0.05, 0.1) is 12.7 Å². The highest BCUT2D eigenvalue weighted by atomic mass is 16.5. The van der Waals surface area contributed by atoms with Crippen LogP contribution in [0.2, 0.25) is 0 Å². The van der Waals surface area contributed by atoms with Gasteiger partial charge in [0.25, 0.3) is 0 Å². The third kappa shape index (κ3) is 3.32. The van der Waals surface area contributed by atoms with E-state index in [0.717, 1.165) is 17.8 Å². The molecule has 37 heavy (non-hydrogen) atoms. The average molecular weight is 503 g/mol. The van der Waals surface area contributed by atoms with Crippen LogP contribution < -0.4 is 0 Å². The van der Waals surface area contributed by atoms with Gasteiger partial charge in [-0.15, -0.1) is 0 Å². The summed E-state index contributed by atoms with van der Waals surface area (Å²) in [6.07, 6.45) is 16.8. The van der Waals surface area contributed by atoms with Gasteiger partial charge in [-0.3, -0.25) is 0 Å². The standard InChI is InChI=1S/C35H50O2/c1-31(2)25(23-10-12-24(13-11-23)30(36)37-7)16-19-33(4)28(31)17-20-35(6)29(33)15-14-27-26-9-8-18-32(26,3)21-22-34(27,35)5/h10-13,16,26-29H,8-9,14-15,17-22H2,1-7H3/t26?,27?,28?,29?,32?,33?,34-,35?/m1/s1. The van der Waals surface area contributed by atoms with Crippen molar-refractivity contribution < 1.29 is 9.53 Å². The summed E-state index contributed by atoms with van der Waals surface area (Å²) in [6, 6.07) is 8.15. The zero-order valence-corrected chi connectivity index (χ0v) is 24.6. The number of esters is 1. The molecule has 0 spiro atoms. The van der Waals surface area contributed by atoms with E-state index in [4.69, 9.17) is 4.74 Å². The minimum atomic E-state index is -0.257. The second kappa shape index (κ2) is 8.22. The Morgan fingerprint density at radius 1 is 0.784 bits per heavy atom. The molecule has 2 nitrogen and oxygen atoms in total. The molecule has 0 amide bonds. The topological polar surface area (TPSA) is 26.3 Å². The molecule has 0 bridgehead atoms. The maximum atomic E-state index is 12.0. The highest BCUT2D eigenvalue weighted by Crippen LogP contribution is 2.76. The number of allylic oxidation sites excluding steroid dienone is 2. The third-order valence-electron chi connectivity index (χ3n) is 14.0. The molecule has 0 saturated heterocycles. The van der Waals surface area contributed by atoms with Crippen molar-refractivity contribution in [2.75, 3.05) is 7.11 Å². The van der Waals surface area contributed by atoms with E-state index in [0.29, 0.717) is 33.1 Å². The molecule has 2 heteroatoms. The Hall–Kier alpha value is -1.57. The van der Waals surface area contributed by atoms with Gasteiger partial charge < -0.3 is 4.74 Å². The minimum absolute atomic E-state index is 0.120. The molecule has 6 rings (SSSR count). The number of hydrogen-bond acceptors (Lipinski definition) is 2. The number of methoxy groups -OCH3 is 1. The van der Waals surface area contributed by atoms with Crippen LogP contribution in [0.5, 0.6) is 0 Å². The van der Waals surface area contributed by atoms with Crippen LogP contribution in [0.25, 0.3) is 5.57 Å². The SMILES string of the molecule is COC(=O)c1ccc(C2=CCC3(C)C(CCC4(C)C3CCC3C5CCCC5(C)CC[C@]34C)C2(C)C)cc1. The molecule has 1 aromatic carbocycles. The van der Waals surface area contributed by atoms with E-state index in [2.05, 4.69) is 59.8 Å². The number of carbonyl (C=O) groups is 1. The van der Waals surface area contributed by atoms with Gasteiger partial charge in [-0.05, 0) is 132 Å². The molecule has 1 aromatic rings. The molecule has 5 aliphatic carbocycles. The predicted molar refractivity (Wildman–Crippen MR) is 152 cm³/mol. The first kappa shape index (κ1) is 25.7. The Kier molecular flexibility index (Phi) is 5.71. The molecule has 0 aromatic heterocycles. The van der Waals surface area contributed by atoms with E-state index < -0.39 is 0 Å². The van der Waals surface area contributed by atoms with Gasteiger partial charge in [0, 0.05) is 0 Å². The number of benzene rings is 1. The predicted octanol–water partition coefficient (Wildman–Crippen LogP) is 9.34. The zero-order chi connectivity index (χ0) is 26.4. The van der Waals surface area contributed by atoms with Crippen LogP contribution in [0.3, 0.4) is 0 Å². The molecular weight excluding hydrogens is 452 g/mol. The Bertz CT molecular complexity index is 1110. The van der Waals surface area contributed by atoms with Gasteiger partial charge in [0.2, 0.25) is 0 Å². The Balaban J connectivity index is 1.34. The van der Waals surface area contributed by atoms with Crippen molar-refractivity contribution in [2.45, 2.75) is 106 Å². The molecule has 4 saturated carbocycles. The molecule has 0 radical (unpaired) electrons. The van der Waals surface area contributed by atoms with Gasteiger partial charge in [-0.1, -0.05) is 66.2 Å². The number of rotatable bonds is 2.